The molecule has 1 atom stereocenters. The Kier molecular flexibility index (Phi) is 5.85. The molecule has 0 radical (unpaired) electrons. The number of carboxylic acid groups (broad SMARTS) is 1. The lowest BCUT2D eigenvalue weighted by atomic mass is 10.1. The molecule has 104 valence electrons. The molecular formula is C14H19NO4. The van der Waals surface area contributed by atoms with Crippen LogP contribution in [-0.2, 0) is 4.79 Å². The molecule has 1 rings (SSSR count). The molecule has 0 saturated heterocycles. The fourth-order valence-corrected chi connectivity index (χ4v) is 1.66. The van der Waals surface area contributed by atoms with E-state index >= 15 is 0 Å². The summed E-state index contributed by atoms with van der Waals surface area (Å²) in [5, 5.41) is 11.5. The van der Waals surface area contributed by atoms with Gasteiger partial charge in [0, 0.05) is 5.56 Å². The van der Waals surface area contributed by atoms with Crippen molar-refractivity contribution in [1.29, 1.82) is 0 Å². The molecule has 5 nitrogen and oxygen atoms in total. The summed E-state index contributed by atoms with van der Waals surface area (Å²) in [6.07, 6.45) is 1.11. The summed E-state index contributed by atoms with van der Waals surface area (Å²) in [5.74, 6) is -0.715. The van der Waals surface area contributed by atoms with E-state index in [-0.39, 0.29) is 5.91 Å². The van der Waals surface area contributed by atoms with Crippen LogP contribution in [0.1, 0.15) is 37.0 Å². The number of ether oxygens (including phenoxy) is 1. The molecule has 1 aromatic rings. The quantitative estimate of drug-likeness (QED) is 0.791. The lowest BCUT2D eigenvalue weighted by Gasteiger charge is -2.13. The molecule has 1 aromatic carbocycles. The Labute approximate surface area is 112 Å². The van der Waals surface area contributed by atoms with Gasteiger partial charge in [-0.3, -0.25) is 4.79 Å². The van der Waals surface area contributed by atoms with Crippen molar-refractivity contribution in [1.82, 2.24) is 5.32 Å². The number of carbonyl (C=O) groups is 2. The van der Waals surface area contributed by atoms with Crippen molar-refractivity contribution in [3.63, 3.8) is 0 Å². The first kappa shape index (κ1) is 15.0. The van der Waals surface area contributed by atoms with Gasteiger partial charge in [0.15, 0.2) is 0 Å². The van der Waals surface area contributed by atoms with Crippen LogP contribution in [0.5, 0.6) is 5.75 Å². The predicted molar refractivity (Wildman–Crippen MR) is 71.4 cm³/mol. The Morgan fingerprint density at radius 2 is 1.89 bits per heavy atom. The van der Waals surface area contributed by atoms with Crippen LogP contribution in [0.15, 0.2) is 24.3 Å². The average Bonchev–Trinajstić information content (AvgIpc) is 2.39. The summed E-state index contributed by atoms with van der Waals surface area (Å²) in [6, 6.07) is 5.77. The average molecular weight is 265 g/mol. The van der Waals surface area contributed by atoms with Gasteiger partial charge in [-0.25, -0.2) is 4.79 Å². The normalized spacial score (nSPS) is 11.7. The lowest BCUT2D eigenvalue weighted by Crippen LogP contribution is -2.40. The van der Waals surface area contributed by atoms with Gasteiger partial charge in [-0.15, -0.1) is 0 Å². The van der Waals surface area contributed by atoms with Crippen molar-refractivity contribution in [2.24, 2.45) is 0 Å². The van der Waals surface area contributed by atoms with Crippen LogP contribution in [-0.4, -0.2) is 29.6 Å². The topological polar surface area (TPSA) is 75.6 Å². The molecule has 0 aliphatic rings. The fraction of sp³-hybridized carbons (Fsp3) is 0.429. The van der Waals surface area contributed by atoms with Crippen molar-refractivity contribution < 1.29 is 19.4 Å². The van der Waals surface area contributed by atoms with Gasteiger partial charge in [0.2, 0.25) is 0 Å². The number of aliphatic carboxylic acids is 1. The highest BCUT2D eigenvalue weighted by Gasteiger charge is 2.19. The standard InChI is InChI=1S/C14H19NO4/c1-3-5-12(14(17)18)15-13(16)10-6-8-11(9-7-10)19-4-2/h6-9,12H,3-5H2,1-2H3,(H,15,16)(H,17,18). The highest BCUT2D eigenvalue weighted by Crippen LogP contribution is 2.12. The summed E-state index contributed by atoms with van der Waals surface area (Å²) in [5.41, 5.74) is 0.422. The maximum absolute atomic E-state index is 11.9. The van der Waals surface area contributed by atoms with Gasteiger partial charge in [0.05, 0.1) is 6.61 Å². The van der Waals surface area contributed by atoms with Crippen LogP contribution in [0.3, 0.4) is 0 Å². The summed E-state index contributed by atoms with van der Waals surface area (Å²) < 4.78 is 5.27. The van der Waals surface area contributed by atoms with E-state index < -0.39 is 12.0 Å². The summed E-state index contributed by atoms with van der Waals surface area (Å²) in [6.45, 7) is 4.31. The molecule has 5 heteroatoms. The highest BCUT2D eigenvalue weighted by molar-refractivity contribution is 5.96. The molecule has 0 aliphatic carbocycles. The number of hydrogen-bond acceptors (Lipinski definition) is 3. The van der Waals surface area contributed by atoms with E-state index in [4.69, 9.17) is 9.84 Å². The van der Waals surface area contributed by atoms with E-state index in [9.17, 15) is 9.59 Å². The molecule has 0 aliphatic heterocycles. The van der Waals surface area contributed by atoms with Crippen LogP contribution in [0.25, 0.3) is 0 Å². The molecule has 1 unspecified atom stereocenters. The minimum absolute atomic E-state index is 0.385. The first-order valence-corrected chi connectivity index (χ1v) is 6.35. The second-order valence-corrected chi connectivity index (χ2v) is 4.11. The third kappa shape index (κ3) is 4.62. The molecule has 19 heavy (non-hydrogen) atoms. The fourth-order valence-electron chi connectivity index (χ4n) is 1.66. The van der Waals surface area contributed by atoms with Crippen LogP contribution in [0.4, 0.5) is 0 Å². The van der Waals surface area contributed by atoms with Crippen LogP contribution >= 0.6 is 0 Å². The van der Waals surface area contributed by atoms with Gasteiger partial charge < -0.3 is 15.2 Å². The van der Waals surface area contributed by atoms with Crippen molar-refractivity contribution in [3.05, 3.63) is 29.8 Å². The van der Waals surface area contributed by atoms with Gasteiger partial charge in [0.25, 0.3) is 5.91 Å². The van der Waals surface area contributed by atoms with Crippen molar-refractivity contribution in [3.8, 4) is 5.75 Å². The number of rotatable bonds is 7. The van der Waals surface area contributed by atoms with E-state index in [0.717, 1.165) is 0 Å². The van der Waals surface area contributed by atoms with E-state index in [1.807, 2.05) is 13.8 Å². The maximum atomic E-state index is 11.9. The number of amides is 1. The zero-order chi connectivity index (χ0) is 14.3. The molecule has 0 saturated carbocycles. The SMILES string of the molecule is CCCC(NC(=O)c1ccc(OCC)cc1)C(=O)O. The number of nitrogens with one attached hydrogen (secondary N) is 1. The molecule has 0 spiro atoms. The molecule has 0 aromatic heterocycles. The smallest absolute Gasteiger partial charge is 0.326 e. The van der Waals surface area contributed by atoms with E-state index in [0.29, 0.717) is 30.8 Å². The van der Waals surface area contributed by atoms with Crippen molar-refractivity contribution in [2.45, 2.75) is 32.7 Å². The Morgan fingerprint density at radius 1 is 1.26 bits per heavy atom. The van der Waals surface area contributed by atoms with Gasteiger partial charge in [0.1, 0.15) is 11.8 Å². The number of carboxylic acids is 1. The first-order chi connectivity index (χ1) is 9.08. The highest BCUT2D eigenvalue weighted by atomic mass is 16.5. The monoisotopic (exact) mass is 265 g/mol. The second kappa shape index (κ2) is 7.41. The number of benzene rings is 1. The Morgan fingerprint density at radius 3 is 2.37 bits per heavy atom. The maximum Gasteiger partial charge on any atom is 0.326 e. The van der Waals surface area contributed by atoms with Gasteiger partial charge >= 0.3 is 5.97 Å². The van der Waals surface area contributed by atoms with E-state index in [1.165, 1.54) is 0 Å². The van der Waals surface area contributed by atoms with Crippen molar-refractivity contribution in [2.75, 3.05) is 6.61 Å². The Hall–Kier alpha value is -2.04. The Bertz CT molecular complexity index is 428. The summed E-state index contributed by atoms with van der Waals surface area (Å²) in [7, 11) is 0. The van der Waals surface area contributed by atoms with Gasteiger partial charge in [-0.05, 0) is 37.6 Å². The van der Waals surface area contributed by atoms with E-state index in [2.05, 4.69) is 5.32 Å². The predicted octanol–water partition coefficient (Wildman–Crippen LogP) is 2.07. The van der Waals surface area contributed by atoms with Crippen LogP contribution in [0, 0.1) is 0 Å². The third-order valence-corrected chi connectivity index (χ3v) is 2.61. The summed E-state index contributed by atoms with van der Waals surface area (Å²) >= 11 is 0. The van der Waals surface area contributed by atoms with E-state index in [1.54, 1.807) is 24.3 Å². The third-order valence-electron chi connectivity index (χ3n) is 2.61. The number of hydrogen-bond donors (Lipinski definition) is 2. The minimum atomic E-state index is -1.01. The largest absolute Gasteiger partial charge is 0.494 e. The van der Waals surface area contributed by atoms with Crippen molar-refractivity contribution >= 4 is 11.9 Å². The summed E-state index contributed by atoms with van der Waals surface area (Å²) in [4.78, 5) is 22.8. The molecule has 0 heterocycles. The Balaban J connectivity index is 2.68. The second-order valence-electron chi connectivity index (χ2n) is 4.11. The van der Waals surface area contributed by atoms with Crippen LogP contribution < -0.4 is 10.1 Å². The zero-order valence-corrected chi connectivity index (χ0v) is 11.2. The molecule has 0 bridgehead atoms. The zero-order valence-electron chi connectivity index (χ0n) is 11.2. The van der Waals surface area contributed by atoms with Crippen LogP contribution in [0.2, 0.25) is 0 Å². The minimum Gasteiger partial charge on any atom is -0.494 e. The molecule has 1 amide bonds. The number of carbonyl (C=O) groups excluding carboxylic acids is 1. The lowest BCUT2D eigenvalue weighted by molar-refractivity contribution is -0.139. The van der Waals surface area contributed by atoms with Gasteiger partial charge in [-0.1, -0.05) is 13.3 Å². The molecule has 0 fully saturated rings. The molecule has 2 N–H and O–H groups in total. The van der Waals surface area contributed by atoms with Gasteiger partial charge in [-0.2, -0.15) is 0 Å². The molecular weight excluding hydrogens is 246 g/mol. The first-order valence-electron chi connectivity index (χ1n) is 6.35.